The number of Topliss-reactive ketones (excluding diaryl/α,β-unsaturated/α-hetero) is 1. The van der Waals surface area contributed by atoms with Crippen molar-refractivity contribution >= 4 is 48.2 Å². The van der Waals surface area contributed by atoms with E-state index in [1.54, 1.807) is 36.3 Å². The number of ketones is 1. The summed E-state index contributed by atoms with van der Waals surface area (Å²) in [4.78, 5) is 12.4. The molecule has 9 heteroatoms. The van der Waals surface area contributed by atoms with Gasteiger partial charge in [-0.05, 0) is 56.6 Å². The van der Waals surface area contributed by atoms with Gasteiger partial charge in [0.05, 0.1) is 16.2 Å². The lowest BCUT2D eigenvalue weighted by molar-refractivity contribution is -0.259. The zero-order chi connectivity index (χ0) is 24.3. The van der Waals surface area contributed by atoms with Crippen LogP contribution < -0.4 is 0 Å². The molecule has 1 aromatic heterocycles. The van der Waals surface area contributed by atoms with E-state index in [-0.39, 0.29) is 37.3 Å². The quantitative estimate of drug-likeness (QED) is 0.372. The molecule has 0 spiro atoms. The Hall–Kier alpha value is -1.02. The second-order valence-electron chi connectivity index (χ2n) is 10.6. The van der Waals surface area contributed by atoms with Crippen LogP contribution in [0.5, 0.6) is 0 Å². The van der Waals surface area contributed by atoms with E-state index in [2.05, 4.69) is 0 Å². The van der Waals surface area contributed by atoms with Crippen molar-refractivity contribution in [3.63, 3.8) is 0 Å². The van der Waals surface area contributed by atoms with Gasteiger partial charge in [0.1, 0.15) is 5.78 Å². The number of aryl methyl sites for hydroxylation is 2. The lowest BCUT2D eigenvalue weighted by Gasteiger charge is -2.39. The molecule has 1 atom stereocenters. The van der Waals surface area contributed by atoms with Crippen LogP contribution in [0.3, 0.4) is 0 Å². The molecule has 0 saturated heterocycles. The first-order valence-corrected chi connectivity index (χ1v) is 15.0. The average Bonchev–Trinajstić information content (AvgIpc) is 3.10. The first kappa shape index (κ1) is 25.6. The molecule has 0 saturated carbocycles. The maximum absolute atomic E-state index is 14.7. The summed E-state index contributed by atoms with van der Waals surface area (Å²) in [7, 11) is -2.59. The van der Waals surface area contributed by atoms with Crippen molar-refractivity contribution in [3.05, 3.63) is 33.4 Å². The highest BCUT2D eigenvalue weighted by molar-refractivity contribution is 6.69. The maximum Gasteiger partial charge on any atom is 0.422 e. The number of halogens is 5. The highest BCUT2D eigenvalue weighted by atomic mass is 35.5. The van der Waals surface area contributed by atoms with Gasteiger partial charge in [0.25, 0.3) is 0 Å². The number of alkyl halides is 3. The predicted molar refractivity (Wildman–Crippen MR) is 126 cm³/mol. The fourth-order valence-corrected chi connectivity index (χ4v) is 6.51. The minimum atomic E-state index is -4.60. The van der Waals surface area contributed by atoms with Crippen LogP contribution in [0.15, 0.2) is 12.1 Å². The van der Waals surface area contributed by atoms with Crippen molar-refractivity contribution in [1.82, 2.24) is 4.57 Å². The molecule has 0 radical (unpaired) electrons. The number of aromatic nitrogens is 1. The second kappa shape index (κ2) is 8.33. The normalized spacial score (nSPS) is 19.6. The molecule has 0 amide bonds. The fourth-order valence-electron chi connectivity index (χ4n) is 4.56. The Bertz CT molecular complexity index is 1050. The molecule has 1 heterocycles. The number of rotatable bonds is 6. The minimum Gasteiger partial charge on any atom is -0.399 e. The molecule has 1 unspecified atom stereocenters. The Morgan fingerprint density at radius 3 is 2.34 bits per heavy atom. The van der Waals surface area contributed by atoms with E-state index in [1.807, 2.05) is 20.8 Å². The number of hydrogen-bond donors (Lipinski definition) is 0. The van der Waals surface area contributed by atoms with Gasteiger partial charge in [-0.15, -0.1) is 0 Å². The zero-order valence-electron chi connectivity index (χ0n) is 19.3. The topological polar surface area (TPSA) is 31.2 Å². The standard InChI is InChI=1S/C23H30Cl2F3NO2Si/c1-21(2,3)18(30)8-7-11-29-19-16(12-14(24)13-17(19)25)15-9-10-22(20(15)29,23(26,27)28)31-32(4,5)6/h12-13H,7-11H2,1-6H3. The van der Waals surface area contributed by atoms with Crippen LogP contribution in [-0.4, -0.2) is 24.8 Å². The number of hydrogen-bond acceptors (Lipinski definition) is 2. The van der Waals surface area contributed by atoms with E-state index in [0.717, 1.165) is 0 Å². The van der Waals surface area contributed by atoms with E-state index in [9.17, 15) is 18.0 Å². The van der Waals surface area contributed by atoms with Gasteiger partial charge < -0.3 is 8.99 Å². The van der Waals surface area contributed by atoms with Crippen molar-refractivity contribution in [2.24, 2.45) is 5.41 Å². The van der Waals surface area contributed by atoms with Gasteiger partial charge in [0, 0.05) is 28.8 Å². The van der Waals surface area contributed by atoms with Crippen LogP contribution >= 0.6 is 23.2 Å². The molecule has 1 aromatic carbocycles. The van der Waals surface area contributed by atoms with Gasteiger partial charge in [-0.2, -0.15) is 13.2 Å². The fraction of sp³-hybridized carbons (Fsp3) is 0.609. The van der Waals surface area contributed by atoms with Gasteiger partial charge in [-0.25, -0.2) is 0 Å². The van der Waals surface area contributed by atoms with E-state index in [4.69, 9.17) is 27.6 Å². The van der Waals surface area contributed by atoms with Gasteiger partial charge in [-0.3, -0.25) is 4.79 Å². The Balaban J connectivity index is 2.20. The van der Waals surface area contributed by atoms with Gasteiger partial charge in [0.2, 0.25) is 0 Å². The lowest BCUT2D eigenvalue weighted by Crippen LogP contribution is -2.50. The SMILES string of the molecule is CC(C)(C)C(=O)CCCn1c2c(c3cc(Cl)cc(Cl)c31)CCC2(O[Si](C)(C)C)C(F)(F)F. The Labute approximate surface area is 198 Å². The second-order valence-corrected chi connectivity index (χ2v) is 15.9. The number of fused-ring (bicyclic) bond motifs is 3. The van der Waals surface area contributed by atoms with Crippen molar-refractivity contribution in [2.75, 3.05) is 0 Å². The van der Waals surface area contributed by atoms with Gasteiger partial charge in [-0.1, -0.05) is 44.0 Å². The molecule has 3 rings (SSSR count). The average molecular weight is 508 g/mol. The third kappa shape index (κ3) is 4.63. The Kier molecular flexibility index (Phi) is 6.66. The first-order chi connectivity index (χ1) is 14.5. The summed E-state index contributed by atoms with van der Waals surface area (Å²) in [5.74, 6) is 0.0696. The summed E-state index contributed by atoms with van der Waals surface area (Å²) < 4.78 is 51.7. The molecule has 0 bridgehead atoms. The molecule has 3 nitrogen and oxygen atoms in total. The minimum absolute atomic E-state index is 0.0696. The van der Waals surface area contributed by atoms with Crippen LogP contribution in [0.2, 0.25) is 29.7 Å². The van der Waals surface area contributed by atoms with Crippen molar-refractivity contribution < 1.29 is 22.4 Å². The van der Waals surface area contributed by atoms with Crippen LogP contribution in [0.4, 0.5) is 13.2 Å². The number of nitrogens with zero attached hydrogens (tertiary/aromatic N) is 1. The summed E-state index contributed by atoms with van der Waals surface area (Å²) in [5, 5.41) is 1.30. The summed E-state index contributed by atoms with van der Waals surface area (Å²) in [6.07, 6.45) is -3.86. The Morgan fingerprint density at radius 2 is 1.81 bits per heavy atom. The van der Waals surface area contributed by atoms with Crippen LogP contribution in [-0.2, 0) is 27.8 Å². The third-order valence-corrected chi connectivity index (χ3v) is 7.32. The molecular formula is C23H30Cl2F3NO2Si. The van der Waals surface area contributed by atoms with Gasteiger partial charge >= 0.3 is 6.18 Å². The summed E-state index contributed by atoms with van der Waals surface area (Å²) in [6.45, 7) is 11.0. The van der Waals surface area contributed by atoms with Crippen molar-refractivity contribution in [1.29, 1.82) is 0 Å². The van der Waals surface area contributed by atoms with Crippen LogP contribution in [0, 0.1) is 5.41 Å². The lowest BCUT2D eigenvalue weighted by atomic mass is 9.88. The summed E-state index contributed by atoms with van der Waals surface area (Å²) in [5.41, 5.74) is -1.66. The maximum atomic E-state index is 14.7. The Morgan fingerprint density at radius 1 is 1.19 bits per heavy atom. The molecule has 0 aliphatic heterocycles. The highest BCUT2D eigenvalue weighted by Gasteiger charge is 2.63. The van der Waals surface area contributed by atoms with E-state index >= 15 is 0 Å². The van der Waals surface area contributed by atoms with Gasteiger partial charge in [0.15, 0.2) is 13.9 Å². The molecule has 2 aromatic rings. The molecule has 32 heavy (non-hydrogen) atoms. The monoisotopic (exact) mass is 507 g/mol. The van der Waals surface area contributed by atoms with Crippen molar-refractivity contribution in [3.8, 4) is 0 Å². The third-order valence-electron chi connectivity index (χ3n) is 5.85. The molecule has 1 aliphatic carbocycles. The van der Waals surface area contributed by atoms with Crippen LogP contribution in [0.1, 0.15) is 51.3 Å². The molecular weight excluding hydrogens is 478 g/mol. The number of carbonyl (C=O) groups is 1. The highest BCUT2D eigenvalue weighted by Crippen LogP contribution is 2.55. The van der Waals surface area contributed by atoms with E-state index < -0.39 is 25.5 Å². The predicted octanol–water partition coefficient (Wildman–Crippen LogP) is 7.90. The largest absolute Gasteiger partial charge is 0.422 e. The molecule has 0 fully saturated rings. The van der Waals surface area contributed by atoms with Crippen molar-refractivity contribution in [2.45, 2.75) is 84.4 Å². The molecule has 178 valence electrons. The van der Waals surface area contributed by atoms with Crippen LogP contribution in [0.25, 0.3) is 10.9 Å². The van der Waals surface area contributed by atoms with E-state index in [0.29, 0.717) is 32.9 Å². The summed E-state index contributed by atoms with van der Waals surface area (Å²) >= 11 is 12.7. The molecule has 1 aliphatic rings. The molecule has 0 N–H and O–H groups in total. The smallest absolute Gasteiger partial charge is 0.399 e. The number of carbonyl (C=O) groups excluding carboxylic acids is 1. The summed E-state index contributed by atoms with van der Waals surface area (Å²) in [6, 6.07) is 3.23. The number of benzene rings is 1. The first-order valence-electron chi connectivity index (χ1n) is 10.8. The van der Waals surface area contributed by atoms with E-state index in [1.165, 1.54) is 0 Å². The zero-order valence-corrected chi connectivity index (χ0v) is 21.9.